The molecule has 3 aromatic heterocycles. The van der Waals surface area contributed by atoms with Gasteiger partial charge in [-0.25, -0.2) is 4.52 Å². The van der Waals surface area contributed by atoms with Crippen LogP contribution in [0.1, 0.15) is 35.2 Å². The van der Waals surface area contributed by atoms with Gasteiger partial charge >= 0.3 is 0 Å². The molecule has 4 rings (SSSR count). The molecule has 1 aliphatic carbocycles. The highest BCUT2D eigenvalue weighted by molar-refractivity contribution is 5.55. The van der Waals surface area contributed by atoms with E-state index in [9.17, 15) is 0 Å². The van der Waals surface area contributed by atoms with Gasteiger partial charge in [-0.2, -0.15) is 5.10 Å². The van der Waals surface area contributed by atoms with Gasteiger partial charge in [-0.15, -0.1) is 0 Å². The molecule has 20 heavy (non-hydrogen) atoms. The fourth-order valence-corrected chi connectivity index (χ4v) is 3.22. The molecule has 4 heteroatoms. The maximum atomic E-state index is 6.53. The van der Waals surface area contributed by atoms with Crippen LogP contribution in [0.2, 0.25) is 0 Å². The second-order valence-electron chi connectivity index (χ2n) is 5.35. The van der Waals surface area contributed by atoms with Crippen LogP contribution >= 0.6 is 0 Å². The van der Waals surface area contributed by atoms with E-state index in [1.807, 2.05) is 41.3 Å². The van der Waals surface area contributed by atoms with Crippen molar-refractivity contribution in [3.8, 4) is 0 Å². The molecule has 2 N–H and O–H groups in total. The molecule has 0 amide bonds. The summed E-state index contributed by atoms with van der Waals surface area (Å²) in [4.78, 5) is 4.54. The van der Waals surface area contributed by atoms with Gasteiger partial charge < -0.3 is 5.73 Å². The molecule has 0 aromatic carbocycles. The summed E-state index contributed by atoms with van der Waals surface area (Å²) in [5.74, 6) is 0.291. The van der Waals surface area contributed by atoms with Crippen molar-refractivity contribution in [1.82, 2.24) is 14.6 Å². The Morgan fingerprint density at radius 3 is 3.15 bits per heavy atom. The van der Waals surface area contributed by atoms with E-state index in [0.717, 1.165) is 29.6 Å². The Bertz CT molecular complexity index is 762. The summed E-state index contributed by atoms with van der Waals surface area (Å²) >= 11 is 0. The monoisotopic (exact) mass is 264 g/mol. The van der Waals surface area contributed by atoms with Crippen LogP contribution in [0.4, 0.5) is 0 Å². The normalized spacial score (nSPS) is 19.1. The van der Waals surface area contributed by atoms with Gasteiger partial charge in [0.1, 0.15) is 0 Å². The molecule has 0 saturated heterocycles. The van der Waals surface area contributed by atoms with Gasteiger partial charge in [0.25, 0.3) is 0 Å². The third-order valence-corrected chi connectivity index (χ3v) is 4.25. The second kappa shape index (κ2) is 4.42. The third-order valence-electron chi connectivity index (χ3n) is 4.25. The highest BCUT2D eigenvalue weighted by Gasteiger charge is 2.31. The van der Waals surface area contributed by atoms with Crippen LogP contribution < -0.4 is 5.73 Å². The number of rotatable bonds is 2. The van der Waals surface area contributed by atoms with Gasteiger partial charge in [-0.3, -0.25) is 4.98 Å². The van der Waals surface area contributed by atoms with Gasteiger partial charge in [0, 0.05) is 35.6 Å². The van der Waals surface area contributed by atoms with Crippen LogP contribution in [0.15, 0.2) is 48.9 Å². The number of fused-ring (bicyclic) bond motifs is 2. The molecule has 0 aliphatic heterocycles. The van der Waals surface area contributed by atoms with E-state index in [1.165, 1.54) is 5.56 Å². The average molecular weight is 264 g/mol. The van der Waals surface area contributed by atoms with E-state index in [4.69, 9.17) is 5.73 Å². The van der Waals surface area contributed by atoms with E-state index < -0.39 is 0 Å². The lowest BCUT2D eigenvalue weighted by atomic mass is 9.92. The molecule has 0 bridgehead atoms. The van der Waals surface area contributed by atoms with Gasteiger partial charge in [-0.05, 0) is 36.6 Å². The van der Waals surface area contributed by atoms with Crippen LogP contribution in [0, 0.1) is 0 Å². The minimum absolute atomic E-state index is 0.0500. The maximum Gasteiger partial charge on any atom is 0.0709 e. The first kappa shape index (κ1) is 11.6. The molecule has 2 atom stereocenters. The molecule has 100 valence electrons. The highest BCUT2D eigenvalue weighted by atomic mass is 15.2. The molecule has 1 aliphatic rings. The number of pyridine rings is 2. The average Bonchev–Trinajstić information content (AvgIpc) is 3.11. The first-order valence-electron chi connectivity index (χ1n) is 6.96. The van der Waals surface area contributed by atoms with E-state index in [-0.39, 0.29) is 6.04 Å². The molecule has 0 saturated carbocycles. The zero-order valence-corrected chi connectivity index (χ0v) is 11.1. The van der Waals surface area contributed by atoms with Crippen LogP contribution in [0.5, 0.6) is 0 Å². The van der Waals surface area contributed by atoms with Gasteiger partial charge in [0.15, 0.2) is 0 Å². The van der Waals surface area contributed by atoms with Crippen molar-refractivity contribution in [2.75, 3.05) is 0 Å². The number of aryl methyl sites for hydroxylation is 1. The Balaban J connectivity index is 1.77. The van der Waals surface area contributed by atoms with Crippen LogP contribution in [-0.2, 0) is 6.42 Å². The number of hydrogen-bond acceptors (Lipinski definition) is 3. The lowest BCUT2D eigenvalue weighted by molar-refractivity contribution is 0.544. The van der Waals surface area contributed by atoms with Crippen molar-refractivity contribution in [3.05, 3.63) is 65.7 Å². The predicted molar refractivity (Wildman–Crippen MR) is 77.4 cm³/mol. The first-order valence-corrected chi connectivity index (χ1v) is 6.96. The first-order chi connectivity index (χ1) is 9.84. The Kier molecular flexibility index (Phi) is 2.57. The largest absolute Gasteiger partial charge is 0.323 e. The molecule has 3 heterocycles. The molecular formula is C16H16N4. The molecule has 0 radical (unpaired) electrons. The Morgan fingerprint density at radius 1 is 1.25 bits per heavy atom. The molecule has 4 nitrogen and oxygen atoms in total. The summed E-state index contributed by atoms with van der Waals surface area (Å²) in [6.45, 7) is 0. The number of aromatic nitrogens is 3. The van der Waals surface area contributed by atoms with Crippen molar-refractivity contribution in [1.29, 1.82) is 0 Å². The van der Waals surface area contributed by atoms with Gasteiger partial charge in [0.05, 0.1) is 11.7 Å². The fourth-order valence-electron chi connectivity index (χ4n) is 3.22. The number of hydrogen-bond donors (Lipinski definition) is 1. The highest BCUT2D eigenvalue weighted by Crippen LogP contribution is 2.39. The van der Waals surface area contributed by atoms with E-state index in [0.29, 0.717) is 5.92 Å². The van der Waals surface area contributed by atoms with Gasteiger partial charge in [0.2, 0.25) is 0 Å². The molecule has 2 unspecified atom stereocenters. The Morgan fingerprint density at radius 2 is 2.20 bits per heavy atom. The van der Waals surface area contributed by atoms with Crippen molar-refractivity contribution in [2.45, 2.75) is 24.8 Å². The summed E-state index contributed by atoms with van der Waals surface area (Å²) in [7, 11) is 0. The summed E-state index contributed by atoms with van der Waals surface area (Å²) in [6.07, 6.45) is 7.84. The SMILES string of the molecule is NC(c1cnn2ccccc12)C1CCc2cccnc21. The summed E-state index contributed by atoms with van der Waals surface area (Å²) in [5, 5.41) is 4.38. The lowest BCUT2D eigenvalue weighted by Gasteiger charge is -2.18. The quantitative estimate of drug-likeness (QED) is 0.773. The van der Waals surface area contributed by atoms with Crippen molar-refractivity contribution in [2.24, 2.45) is 5.73 Å². The summed E-state index contributed by atoms with van der Waals surface area (Å²) in [5.41, 5.74) is 11.2. The minimum atomic E-state index is -0.0500. The molecular weight excluding hydrogens is 248 g/mol. The minimum Gasteiger partial charge on any atom is -0.323 e. The third kappa shape index (κ3) is 1.65. The van der Waals surface area contributed by atoms with Crippen molar-refractivity contribution < 1.29 is 0 Å². The van der Waals surface area contributed by atoms with E-state index >= 15 is 0 Å². The topological polar surface area (TPSA) is 56.2 Å². The molecule has 0 spiro atoms. The summed E-state index contributed by atoms with van der Waals surface area (Å²) in [6, 6.07) is 10.2. The van der Waals surface area contributed by atoms with Crippen LogP contribution in [-0.4, -0.2) is 14.6 Å². The summed E-state index contributed by atoms with van der Waals surface area (Å²) < 4.78 is 1.88. The smallest absolute Gasteiger partial charge is 0.0709 e. The number of nitrogens with two attached hydrogens (primary N) is 1. The van der Waals surface area contributed by atoms with Crippen molar-refractivity contribution >= 4 is 5.52 Å². The Labute approximate surface area is 117 Å². The zero-order valence-electron chi connectivity index (χ0n) is 11.1. The standard InChI is InChI=1S/C16H16N4/c17-15(12-7-6-11-4-3-8-18-16(11)12)13-10-19-20-9-2-1-5-14(13)20/h1-5,8-10,12,15H,6-7,17H2. The van der Waals surface area contributed by atoms with E-state index in [1.54, 1.807) is 0 Å². The predicted octanol–water partition coefficient (Wildman–Crippen LogP) is 2.46. The zero-order chi connectivity index (χ0) is 13.5. The number of nitrogens with zero attached hydrogens (tertiary/aromatic N) is 3. The van der Waals surface area contributed by atoms with E-state index in [2.05, 4.69) is 22.2 Å². The van der Waals surface area contributed by atoms with Crippen LogP contribution in [0.3, 0.4) is 0 Å². The Hall–Kier alpha value is -2.20. The molecule has 0 fully saturated rings. The van der Waals surface area contributed by atoms with Gasteiger partial charge in [-0.1, -0.05) is 12.1 Å². The fraction of sp³-hybridized carbons (Fsp3) is 0.250. The lowest BCUT2D eigenvalue weighted by Crippen LogP contribution is -2.18. The second-order valence-corrected chi connectivity index (χ2v) is 5.35. The van der Waals surface area contributed by atoms with Crippen molar-refractivity contribution in [3.63, 3.8) is 0 Å². The molecule has 3 aromatic rings. The van der Waals surface area contributed by atoms with Crippen LogP contribution in [0.25, 0.3) is 5.52 Å². The maximum absolute atomic E-state index is 6.53.